The molecule has 0 aromatic carbocycles. The van der Waals surface area contributed by atoms with Gasteiger partial charge >= 0.3 is 0 Å². The van der Waals surface area contributed by atoms with Gasteiger partial charge in [-0.2, -0.15) is 5.10 Å². The Morgan fingerprint density at radius 2 is 2.06 bits per heavy atom. The highest BCUT2D eigenvalue weighted by atomic mass is 79.9. The summed E-state index contributed by atoms with van der Waals surface area (Å²) in [4.78, 5) is 0. The van der Waals surface area contributed by atoms with E-state index in [1.54, 1.807) is 22.2 Å². The van der Waals surface area contributed by atoms with Crippen molar-refractivity contribution in [2.45, 2.75) is 18.6 Å². The number of halogens is 1. The molecule has 0 N–H and O–H groups in total. The molecule has 0 unspecified atom stereocenters. The predicted molar refractivity (Wildman–Crippen MR) is 64.3 cm³/mol. The first kappa shape index (κ1) is 12.1. The first-order valence-electron chi connectivity index (χ1n) is 5.15. The molecule has 0 saturated carbocycles. The van der Waals surface area contributed by atoms with Crippen LogP contribution in [0.2, 0.25) is 0 Å². The van der Waals surface area contributed by atoms with Crippen LogP contribution in [0.5, 0.6) is 0 Å². The maximum Gasteiger partial charge on any atom is 0.219 e. The summed E-state index contributed by atoms with van der Waals surface area (Å²) >= 11 is 3.31. The van der Waals surface area contributed by atoms with Crippen molar-refractivity contribution in [2.24, 2.45) is 7.05 Å². The quantitative estimate of drug-likeness (QED) is 0.840. The van der Waals surface area contributed by atoms with Crippen molar-refractivity contribution in [3.63, 3.8) is 0 Å². The van der Waals surface area contributed by atoms with Gasteiger partial charge in [0.15, 0.2) is 0 Å². The third kappa shape index (κ3) is 2.31. The van der Waals surface area contributed by atoms with Gasteiger partial charge in [-0.05, 0) is 28.8 Å². The topological polar surface area (TPSA) is 55.2 Å². The normalized spacial score (nSPS) is 18.1. The van der Waals surface area contributed by atoms with Crippen molar-refractivity contribution in [1.29, 1.82) is 0 Å². The average molecular weight is 308 g/mol. The number of hydrogen-bond acceptors (Lipinski definition) is 3. The molecule has 1 aromatic heterocycles. The molecule has 0 aliphatic carbocycles. The lowest BCUT2D eigenvalue weighted by Gasteiger charge is -2.15. The molecule has 0 bridgehead atoms. The molecular weight excluding hydrogens is 294 g/mol. The smallest absolute Gasteiger partial charge is 0.219 e. The molecule has 1 aliphatic heterocycles. The summed E-state index contributed by atoms with van der Waals surface area (Å²) in [5.74, 6) is 0.0179. The Hall–Kier alpha value is -0.400. The van der Waals surface area contributed by atoms with Gasteiger partial charge in [0.1, 0.15) is 5.75 Å². The summed E-state index contributed by atoms with van der Waals surface area (Å²) in [5, 5.41) is 4.01. The minimum absolute atomic E-state index is 0.0179. The maximum atomic E-state index is 12.1. The van der Waals surface area contributed by atoms with Crippen molar-refractivity contribution < 1.29 is 8.42 Å². The number of hydrogen-bond donors (Lipinski definition) is 0. The second kappa shape index (κ2) is 4.46. The summed E-state index contributed by atoms with van der Waals surface area (Å²) in [6, 6.07) is 0. The highest BCUT2D eigenvalue weighted by Crippen LogP contribution is 2.21. The standard InChI is InChI=1S/C9H14BrN3O2S/c1-12-9(8(10)6-11-12)7-16(14,15)13-4-2-3-5-13/h6H,2-5,7H2,1H3. The Kier molecular flexibility index (Phi) is 3.37. The van der Waals surface area contributed by atoms with Gasteiger partial charge < -0.3 is 0 Å². The average Bonchev–Trinajstić information content (AvgIpc) is 2.83. The van der Waals surface area contributed by atoms with Crippen LogP contribution < -0.4 is 0 Å². The molecule has 0 atom stereocenters. The lowest BCUT2D eigenvalue weighted by atomic mass is 10.4. The van der Waals surface area contributed by atoms with Crippen LogP contribution in [-0.4, -0.2) is 35.6 Å². The Morgan fingerprint density at radius 1 is 1.44 bits per heavy atom. The molecule has 1 saturated heterocycles. The lowest BCUT2D eigenvalue weighted by molar-refractivity contribution is 0.475. The summed E-state index contributed by atoms with van der Waals surface area (Å²) in [6.45, 7) is 1.30. The zero-order valence-electron chi connectivity index (χ0n) is 9.06. The van der Waals surface area contributed by atoms with E-state index in [1.807, 2.05) is 0 Å². The van der Waals surface area contributed by atoms with Gasteiger partial charge in [-0.15, -0.1) is 0 Å². The van der Waals surface area contributed by atoms with Crippen molar-refractivity contribution in [3.8, 4) is 0 Å². The molecule has 0 spiro atoms. The molecule has 1 aliphatic rings. The number of rotatable bonds is 3. The number of nitrogens with zero attached hydrogens (tertiary/aromatic N) is 3. The summed E-state index contributed by atoms with van der Waals surface area (Å²) < 4.78 is 28.0. The fraction of sp³-hybridized carbons (Fsp3) is 0.667. The number of sulfonamides is 1. The SMILES string of the molecule is Cn1ncc(Br)c1CS(=O)(=O)N1CCCC1. The van der Waals surface area contributed by atoms with E-state index in [1.165, 1.54) is 0 Å². The molecular formula is C9H14BrN3O2S. The van der Waals surface area contributed by atoms with E-state index in [9.17, 15) is 8.42 Å². The summed E-state index contributed by atoms with van der Waals surface area (Å²) in [6.07, 6.45) is 3.55. The van der Waals surface area contributed by atoms with Crippen molar-refractivity contribution in [3.05, 3.63) is 16.4 Å². The molecule has 90 valence electrons. The molecule has 7 heteroatoms. The van der Waals surface area contributed by atoms with Crippen LogP contribution in [0.15, 0.2) is 10.7 Å². The van der Waals surface area contributed by atoms with Gasteiger partial charge in [0.2, 0.25) is 10.0 Å². The van der Waals surface area contributed by atoms with Gasteiger partial charge in [0.05, 0.1) is 16.4 Å². The number of aromatic nitrogens is 2. The fourth-order valence-corrected chi connectivity index (χ4v) is 4.19. The van der Waals surface area contributed by atoms with E-state index < -0.39 is 10.0 Å². The predicted octanol–water partition coefficient (Wildman–Crippen LogP) is 1.11. The van der Waals surface area contributed by atoms with E-state index in [4.69, 9.17) is 0 Å². The molecule has 1 fully saturated rings. The van der Waals surface area contributed by atoms with Gasteiger partial charge in [0.25, 0.3) is 0 Å². The minimum atomic E-state index is -3.19. The van der Waals surface area contributed by atoms with Crippen LogP contribution in [-0.2, 0) is 22.8 Å². The van der Waals surface area contributed by atoms with E-state index in [-0.39, 0.29) is 5.75 Å². The Labute approximate surface area is 104 Å². The largest absolute Gasteiger partial charge is 0.270 e. The van der Waals surface area contributed by atoms with Crippen molar-refractivity contribution in [1.82, 2.24) is 14.1 Å². The monoisotopic (exact) mass is 307 g/mol. The van der Waals surface area contributed by atoms with Crippen molar-refractivity contribution in [2.75, 3.05) is 13.1 Å². The number of aryl methyl sites for hydroxylation is 1. The zero-order valence-corrected chi connectivity index (χ0v) is 11.5. The van der Waals surface area contributed by atoms with Crippen LogP contribution in [0, 0.1) is 0 Å². The highest BCUT2D eigenvalue weighted by Gasteiger charge is 2.27. The fourth-order valence-electron chi connectivity index (χ4n) is 1.83. The van der Waals surface area contributed by atoms with E-state index in [0.717, 1.165) is 17.3 Å². The van der Waals surface area contributed by atoms with Gasteiger partial charge in [-0.25, -0.2) is 12.7 Å². The van der Waals surface area contributed by atoms with Gasteiger partial charge in [-0.3, -0.25) is 4.68 Å². The lowest BCUT2D eigenvalue weighted by Crippen LogP contribution is -2.29. The Bertz CT molecular complexity index is 457. The molecule has 16 heavy (non-hydrogen) atoms. The molecule has 0 radical (unpaired) electrons. The Balaban J connectivity index is 2.20. The highest BCUT2D eigenvalue weighted by molar-refractivity contribution is 9.10. The third-order valence-electron chi connectivity index (χ3n) is 2.79. The first-order chi connectivity index (χ1) is 7.50. The Morgan fingerprint density at radius 3 is 2.56 bits per heavy atom. The van der Waals surface area contributed by atoms with Crippen LogP contribution in [0.3, 0.4) is 0 Å². The van der Waals surface area contributed by atoms with Crippen LogP contribution in [0.4, 0.5) is 0 Å². The summed E-state index contributed by atoms with van der Waals surface area (Å²) in [7, 11) is -1.44. The van der Waals surface area contributed by atoms with Crippen LogP contribution >= 0.6 is 15.9 Å². The maximum absolute atomic E-state index is 12.1. The van der Waals surface area contributed by atoms with E-state index >= 15 is 0 Å². The van der Waals surface area contributed by atoms with Crippen molar-refractivity contribution >= 4 is 26.0 Å². The van der Waals surface area contributed by atoms with Crippen LogP contribution in [0.25, 0.3) is 0 Å². The minimum Gasteiger partial charge on any atom is -0.270 e. The second-order valence-electron chi connectivity index (χ2n) is 3.93. The molecule has 0 amide bonds. The summed E-state index contributed by atoms with van der Waals surface area (Å²) in [5.41, 5.74) is 0.701. The molecule has 2 rings (SSSR count). The zero-order chi connectivity index (χ0) is 11.8. The first-order valence-corrected chi connectivity index (χ1v) is 7.55. The van der Waals surface area contributed by atoms with Gasteiger partial charge in [-0.1, -0.05) is 0 Å². The van der Waals surface area contributed by atoms with Gasteiger partial charge in [0, 0.05) is 20.1 Å². The molecule has 2 heterocycles. The van der Waals surface area contributed by atoms with E-state index in [2.05, 4.69) is 21.0 Å². The third-order valence-corrected chi connectivity index (χ3v) is 5.24. The van der Waals surface area contributed by atoms with E-state index in [0.29, 0.717) is 18.8 Å². The molecule has 1 aromatic rings. The van der Waals surface area contributed by atoms with Crippen LogP contribution in [0.1, 0.15) is 18.5 Å². The second-order valence-corrected chi connectivity index (χ2v) is 6.75. The molecule has 5 nitrogen and oxygen atoms in total.